The van der Waals surface area contributed by atoms with Crippen molar-refractivity contribution in [1.29, 1.82) is 0 Å². The Balaban J connectivity index is 1.42. The van der Waals surface area contributed by atoms with Crippen LogP contribution in [0.3, 0.4) is 0 Å². The quantitative estimate of drug-likeness (QED) is 0.505. The molecule has 4 rings (SSSR count). The Morgan fingerprint density at radius 2 is 1.71 bits per heavy atom. The maximum Gasteiger partial charge on any atom is 0.416 e. The molecule has 1 fully saturated rings. The fraction of sp³-hybridized carbons (Fsp3) is 0.316. The summed E-state index contributed by atoms with van der Waals surface area (Å²) in [5, 5.41) is 0.156. The van der Waals surface area contributed by atoms with Crippen LogP contribution in [0.15, 0.2) is 41.3 Å². The highest BCUT2D eigenvalue weighted by Gasteiger charge is 2.33. The molecule has 1 saturated heterocycles. The zero-order valence-electron chi connectivity index (χ0n) is 15.7. The zero-order valence-corrected chi connectivity index (χ0v) is 17.3. The molecule has 0 aliphatic carbocycles. The lowest BCUT2D eigenvalue weighted by molar-refractivity contribution is -0.137. The van der Waals surface area contributed by atoms with Crippen molar-refractivity contribution in [3.8, 4) is 5.19 Å². The highest BCUT2D eigenvalue weighted by atomic mass is 32.2. The Bertz CT molecular complexity index is 1200. The first-order valence-electron chi connectivity index (χ1n) is 9.14. The molecule has 3 aromatic rings. The van der Waals surface area contributed by atoms with Crippen molar-refractivity contribution < 1.29 is 35.1 Å². The molecule has 1 aliphatic heterocycles. The average molecular weight is 478 g/mol. The maximum atomic E-state index is 13.8. The second kappa shape index (κ2) is 7.99. The molecule has 1 aromatic heterocycles. The van der Waals surface area contributed by atoms with Crippen LogP contribution in [0.4, 0.5) is 22.0 Å². The van der Waals surface area contributed by atoms with Crippen molar-refractivity contribution >= 4 is 31.6 Å². The maximum absolute atomic E-state index is 13.8. The van der Waals surface area contributed by atoms with Gasteiger partial charge in [0.05, 0.1) is 15.2 Å². The first kappa shape index (κ1) is 21.9. The second-order valence-corrected chi connectivity index (χ2v) is 9.89. The predicted molar refractivity (Wildman–Crippen MR) is 103 cm³/mol. The molecule has 1 aliphatic rings. The molecule has 0 unspecified atom stereocenters. The minimum atomic E-state index is -4.55. The normalized spacial score (nSPS) is 16.7. The minimum absolute atomic E-state index is 0.00344. The van der Waals surface area contributed by atoms with Gasteiger partial charge in [-0.3, -0.25) is 0 Å². The van der Waals surface area contributed by atoms with E-state index in [9.17, 15) is 30.4 Å². The fourth-order valence-corrected chi connectivity index (χ4v) is 5.68. The zero-order chi connectivity index (χ0) is 22.4. The molecule has 31 heavy (non-hydrogen) atoms. The largest absolute Gasteiger partial charge is 0.467 e. The summed E-state index contributed by atoms with van der Waals surface area (Å²) in [6.07, 6.45) is -4.31. The predicted octanol–water partition coefficient (Wildman–Crippen LogP) is 4.83. The third-order valence-electron chi connectivity index (χ3n) is 4.88. The first-order chi connectivity index (χ1) is 14.5. The van der Waals surface area contributed by atoms with Crippen LogP contribution in [-0.2, 0) is 16.2 Å². The summed E-state index contributed by atoms with van der Waals surface area (Å²) in [5.74, 6) is -1.51. The lowest BCUT2D eigenvalue weighted by Crippen LogP contribution is -2.41. The summed E-state index contributed by atoms with van der Waals surface area (Å²) in [5.41, 5.74) is -0.922. The van der Waals surface area contributed by atoms with E-state index in [1.807, 2.05) is 0 Å². The SMILES string of the molecule is O=S(=O)(c1ccc(C(F)(F)F)cc1)N1CCC(Oc2nc3c(F)cc(F)cc3s2)CC1. The van der Waals surface area contributed by atoms with Gasteiger partial charge in [-0.2, -0.15) is 22.5 Å². The van der Waals surface area contributed by atoms with E-state index >= 15 is 0 Å². The third kappa shape index (κ3) is 4.51. The number of thiazole rings is 1. The minimum Gasteiger partial charge on any atom is -0.467 e. The van der Waals surface area contributed by atoms with E-state index in [0.29, 0.717) is 17.5 Å². The molecule has 166 valence electrons. The van der Waals surface area contributed by atoms with Crippen molar-refractivity contribution in [2.24, 2.45) is 0 Å². The number of rotatable bonds is 4. The molecule has 5 nitrogen and oxygen atoms in total. The summed E-state index contributed by atoms with van der Waals surface area (Å²) in [7, 11) is -3.95. The van der Waals surface area contributed by atoms with Crippen molar-refractivity contribution in [3.63, 3.8) is 0 Å². The summed E-state index contributed by atoms with van der Waals surface area (Å²) in [4.78, 5) is 3.80. The number of halogens is 5. The fourth-order valence-electron chi connectivity index (χ4n) is 3.29. The molecule has 0 N–H and O–H groups in total. The molecule has 0 saturated carbocycles. The van der Waals surface area contributed by atoms with Gasteiger partial charge in [-0.05, 0) is 43.2 Å². The Hall–Kier alpha value is -2.31. The van der Waals surface area contributed by atoms with Gasteiger partial charge in [-0.1, -0.05) is 11.3 Å². The molecule has 0 amide bonds. The molecule has 0 spiro atoms. The lowest BCUT2D eigenvalue weighted by Gasteiger charge is -2.30. The van der Waals surface area contributed by atoms with E-state index < -0.39 is 33.4 Å². The van der Waals surface area contributed by atoms with Crippen LogP contribution in [0.2, 0.25) is 0 Å². The van der Waals surface area contributed by atoms with Crippen LogP contribution in [0.1, 0.15) is 18.4 Å². The van der Waals surface area contributed by atoms with Gasteiger partial charge in [0, 0.05) is 19.2 Å². The van der Waals surface area contributed by atoms with Crippen LogP contribution >= 0.6 is 11.3 Å². The number of piperidine rings is 1. The Morgan fingerprint density at radius 1 is 1.06 bits per heavy atom. The van der Waals surface area contributed by atoms with Crippen LogP contribution < -0.4 is 4.74 Å². The Kier molecular flexibility index (Phi) is 5.64. The number of hydrogen-bond acceptors (Lipinski definition) is 5. The van der Waals surface area contributed by atoms with Gasteiger partial charge < -0.3 is 4.74 Å². The molecule has 2 aromatic carbocycles. The van der Waals surface area contributed by atoms with Gasteiger partial charge in [-0.25, -0.2) is 17.2 Å². The Morgan fingerprint density at radius 3 is 2.32 bits per heavy atom. The smallest absolute Gasteiger partial charge is 0.416 e. The van der Waals surface area contributed by atoms with Crippen molar-refractivity contribution in [3.05, 3.63) is 53.6 Å². The molecule has 0 radical (unpaired) electrons. The van der Waals surface area contributed by atoms with Crippen LogP contribution in [0.25, 0.3) is 10.2 Å². The molecule has 0 bridgehead atoms. The molecule has 2 heterocycles. The standard InChI is InChI=1S/C19H15F5N2O3S2/c20-12-9-15(21)17-16(10-12)30-18(25-17)29-13-5-7-26(8-6-13)31(27,28)14-3-1-11(2-4-14)19(22,23)24/h1-4,9-10,13H,5-8H2. The van der Waals surface area contributed by atoms with Gasteiger partial charge in [0.25, 0.3) is 5.19 Å². The van der Waals surface area contributed by atoms with E-state index in [-0.39, 0.29) is 34.8 Å². The van der Waals surface area contributed by atoms with E-state index in [1.165, 1.54) is 4.31 Å². The first-order valence-corrected chi connectivity index (χ1v) is 11.4. The summed E-state index contributed by atoms with van der Waals surface area (Å²) >= 11 is 0.989. The lowest BCUT2D eigenvalue weighted by atomic mass is 10.1. The summed E-state index contributed by atoms with van der Waals surface area (Å²) < 4.78 is 97.8. The number of hydrogen-bond donors (Lipinski definition) is 0. The summed E-state index contributed by atoms with van der Waals surface area (Å²) in [6.45, 7) is 0.198. The van der Waals surface area contributed by atoms with Gasteiger partial charge >= 0.3 is 6.18 Å². The molecule has 0 atom stereocenters. The number of aromatic nitrogens is 1. The topological polar surface area (TPSA) is 59.5 Å². The molecule has 12 heteroatoms. The van der Waals surface area contributed by atoms with Gasteiger partial charge in [-0.15, -0.1) is 0 Å². The van der Waals surface area contributed by atoms with E-state index in [0.717, 1.165) is 47.7 Å². The van der Waals surface area contributed by atoms with Crippen molar-refractivity contribution in [2.45, 2.75) is 30.0 Å². The van der Waals surface area contributed by atoms with Crippen molar-refractivity contribution in [2.75, 3.05) is 13.1 Å². The van der Waals surface area contributed by atoms with E-state index in [1.54, 1.807) is 0 Å². The van der Waals surface area contributed by atoms with Gasteiger partial charge in [0.2, 0.25) is 10.0 Å². The number of sulfonamides is 1. The summed E-state index contributed by atoms with van der Waals surface area (Å²) in [6, 6.07) is 5.24. The number of fused-ring (bicyclic) bond motifs is 1. The highest BCUT2D eigenvalue weighted by molar-refractivity contribution is 7.89. The third-order valence-corrected chi connectivity index (χ3v) is 7.69. The Labute approximate surface area is 178 Å². The number of benzene rings is 2. The number of ether oxygens (including phenoxy) is 1. The second-order valence-electron chi connectivity index (χ2n) is 6.96. The molecular formula is C19H15F5N2O3S2. The highest BCUT2D eigenvalue weighted by Crippen LogP contribution is 2.33. The van der Waals surface area contributed by atoms with Crippen LogP contribution in [-0.4, -0.2) is 36.9 Å². The van der Waals surface area contributed by atoms with Crippen molar-refractivity contribution in [1.82, 2.24) is 9.29 Å². The monoisotopic (exact) mass is 478 g/mol. The average Bonchev–Trinajstić information content (AvgIpc) is 3.10. The molecular weight excluding hydrogens is 463 g/mol. The van der Waals surface area contributed by atoms with Crippen LogP contribution in [0, 0.1) is 11.6 Å². The van der Waals surface area contributed by atoms with E-state index in [2.05, 4.69) is 4.98 Å². The number of nitrogens with zero attached hydrogens (tertiary/aromatic N) is 2. The van der Waals surface area contributed by atoms with E-state index in [4.69, 9.17) is 4.74 Å². The van der Waals surface area contributed by atoms with Crippen LogP contribution in [0.5, 0.6) is 5.19 Å². The van der Waals surface area contributed by atoms with Gasteiger partial charge in [0.15, 0.2) is 5.82 Å². The number of alkyl halides is 3. The van der Waals surface area contributed by atoms with Gasteiger partial charge in [0.1, 0.15) is 17.4 Å².